The molecule has 1 aliphatic rings. The number of carbonyl (C=O) groups excluding carboxylic acids is 1. The summed E-state index contributed by atoms with van der Waals surface area (Å²) in [5.41, 5.74) is 11.6. The lowest BCUT2D eigenvalue weighted by atomic mass is 9.83. The van der Waals surface area contributed by atoms with Crippen LogP contribution in [0.25, 0.3) is 11.0 Å². The minimum absolute atomic E-state index is 0.0583. The summed E-state index contributed by atoms with van der Waals surface area (Å²) in [6, 6.07) is 13.7. The largest absolute Gasteiger partial charge is 0.493 e. The molecule has 9 nitrogen and oxygen atoms in total. The molecule has 4 N–H and O–H groups in total. The first-order valence-electron chi connectivity index (χ1n) is 9.17. The Labute approximate surface area is 176 Å². The average Bonchev–Trinajstić information content (AvgIpc) is 2.76. The van der Waals surface area contributed by atoms with E-state index in [0.29, 0.717) is 16.5 Å². The van der Waals surface area contributed by atoms with Gasteiger partial charge in [-0.25, -0.2) is 4.79 Å². The number of hydrogen-bond donors (Lipinski definition) is 2. The van der Waals surface area contributed by atoms with E-state index in [9.17, 15) is 14.9 Å². The summed E-state index contributed by atoms with van der Waals surface area (Å²) in [7, 11) is 1.42. The third-order valence-corrected chi connectivity index (χ3v) is 4.87. The number of para-hydroxylation sites is 1. The van der Waals surface area contributed by atoms with E-state index < -0.39 is 17.5 Å². The molecule has 2 aromatic carbocycles. The number of allylic oxidation sites excluding steroid dienone is 1. The van der Waals surface area contributed by atoms with Crippen molar-refractivity contribution in [3.8, 4) is 23.3 Å². The zero-order valence-corrected chi connectivity index (χ0v) is 16.4. The summed E-state index contributed by atoms with van der Waals surface area (Å²) in [5, 5.41) is 10.3. The van der Waals surface area contributed by atoms with Gasteiger partial charge in [0.1, 0.15) is 17.2 Å². The van der Waals surface area contributed by atoms with Gasteiger partial charge < -0.3 is 30.1 Å². The first kappa shape index (κ1) is 19.8. The maximum absolute atomic E-state index is 12.9. The molecular formula is C22H17N3O6. The van der Waals surface area contributed by atoms with E-state index in [1.165, 1.54) is 7.11 Å². The predicted molar refractivity (Wildman–Crippen MR) is 109 cm³/mol. The van der Waals surface area contributed by atoms with Gasteiger partial charge in [0, 0.05) is 0 Å². The molecule has 156 valence electrons. The van der Waals surface area contributed by atoms with Gasteiger partial charge in [0.2, 0.25) is 5.88 Å². The highest BCUT2D eigenvalue weighted by Gasteiger charge is 2.35. The molecule has 1 atom stereocenters. The minimum atomic E-state index is -0.853. The van der Waals surface area contributed by atoms with Gasteiger partial charge in [0.25, 0.3) is 5.91 Å². The van der Waals surface area contributed by atoms with E-state index in [4.69, 9.17) is 30.1 Å². The number of amides is 1. The molecular weight excluding hydrogens is 402 g/mol. The minimum Gasteiger partial charge on any atom is -0.493 e. The van der Waals surface area contributed by atoms with E-state index in [1.807, 2.05) is 6.07 Å². The van der Waals surface area contributed by atoms with Crippen molar-refractivity contribution in [3.05, 3.63) is 75.5 Å². The molecule has 0 bridgehead atoms. The van der Waals surface area contributed by atoms with Gasteiger partial charge in [-0.1, -0.05) is 18.2 Å². The van der Waals surface area contributed by atoms with Crippen molar-refractivity contribution in [3.63, 3.8) is 0 Å². The smallest absolute Gasteiger partial charge is 0.344 e. The fraction of sp³-hybridized carbons (Fsp3) is 0.136. The number of nitriles is 1. The Morgan fingerprint density at radius 3 is 2.71 bits per heavy atom. The summed E-state index contributed by atoms with van der Waals surface area (Å²) < 4.78 is 21.9. The van der Waals surface area contributed by atoms with Crippen LogP contribution in [0.4, 0.5) is 0 Å². The number of methoxy groups -OCH3 is 1. The first-order valence-corrected chi connectivity index (χ1v) is 9.17. The highest BCUT2D eigenvalue weighted by molar-refractivity contribution is 5.86. The Balaban J connectivity index is 1.92. The molecule has 3 aromatic rings. The molecule has 0 fully saturated rings. The lowest BCUT2D eigenvalue weighted by molar-refractivity contribution is -0.119. The Hall–Kier alpha value is -4.45. The summed E-state index contributed by atoms with van der Waals surface area (Å²) in [6.07, 6.45) is 0. The first-order chi connectivity index (χ1) is 14.9. The maximum Gasteiger partial charge on any atom is 0.344 e. The van der Waals surface area contributed by atoms with E-state index >= 15 is 0 Å². The molecule has 0 unspecified atom stereocenters. The SMILES string of the molecule is COc1cc([C@H]2C(C#N)=C(N)Oc3c2c(=O)oc2ccccc32)ccc1OCC(N)=O. The molecule has 4 rings (SSSR count). The number of fused-ring (bicyclic) bond motifs is 3. The van der Waals surface area contributed by atoms with Crippen molar-refractivity contribution in [1.82, 2.24) is 0 Å². The predicted octanol–water partition coefficient (Wildman–Crippen LogP) is 1.88. The number of benzene rings is 2. The molecule has 1 amide bonds. The second-order valence-electron chi connectivity index (χ2n) is 6.72. The number of nitrogens with two attached hydrogens (primary N) is 2. The zero-order chi connectivity index (χ0) is 22.1. The fourth-order valence-corrected chi connectivity index (χ4v) is 3.53. The van der Waals surface area contributed by atoms with Crippen LogP contribution in [0.2, 0.25) is 0 Å². The molecule has 0 radical (unpaired) electrons. The quantitative estimate of drug-likeness (QED) is 0.595. The van der Waals surface area contributed by atoms with Crippen LogP contribution < -0.4 is 31.3 Å². The van der Waals surface area contributed by atoms with Crippen molar-refractivity contribution in [2.45, 2.75) is 5.92 Å². The molecule has 31 heavy (non-hydrogen) atoms. The van der Waals surface area contributed by atoms with Crippen LogP contribution in [0.1, 0.15) is 17.0 Å². The van der Waals surface area contributed by atoms with Crippen molar-refractivity contribution in [1.29, 1.82) is 5.26 Å². The lowest BCUT2D eigenvalue weighted by Gasteiger charge is -2.26. The van der Waals surface area contributed by atoms with Gasteiger partial charge in [-0.2, -0.15) is 5.26 Å². The second kappa shape index (κ2) is 7.76. The van der Waals surface area contributed by atoms with Crippen LogP contribution in [0.3, 0.4) is 0 Å². The molecule has 0 aliphatic carbocycles. The van der Waals surface area contributed by atoms with Gasteiger partial charge in [-0.3, -0.25) is 4.79 Å². The molecule has 0 saturated carbocycles. The molecule has 0 saturated heterocycles. The fourth-order valence-electron chi connectivity index (χ4n) is 3.53. The Morgan fingerprint density at radius 1 is 1.23 bits per heavy atom. The Kier molecular flexibility index (Phi) is 4.97. The second-order valence-corrected chi connectivity index (χ2v) is 6.72. The molecule has 9 heteroatoms. The molecule has 1 aromatic heterocycles. The van der Waals surface area contributed by atoms with E-state index in [-0.39, 0.29) is 40.9 Å². The van der Waals surface area contributed by atoms with E-state index in [2.05, 4.69) is 0 Å². The van der Waals surface area contributed by atoms with Crippen LogP contribution >= 0.6 is 0 Å². The van der Waals surface area contributed by atoms with Gasteiger partial charge in [-0.15, -0.1) is 0 Å². The van der Waals surface area contributed by atoms with Crippen LogP contribution in [-0.4, -0.2) is 19.6 Å². The third-order valence-electron chi connectivity index (χ3n) is 4.87. The molecule has 1 aliphatic heterocycles. The normalized spacial score (nSPS) is 15.0. The maximum atomic E-state index is 12.9. The lowest BCUT2D eigenvalue weighted by Crippen LogP contribution is -2.26. The van der Waals surface area contributed by atoms with Crippen LogP contribution in [0.15, 0.2) is 63.1 Å². The molecule has 2 heterocycles. The van der Waals surface area contributed by atoms with E-state index in [1.54, 1.807) is 42.5 Å². The van der Waals surface area contributed by atoms with Crippen LogP contribution in [0, 0.1) is 11.3 Å². The number of primary amides is 1. The zero-order valence-electron chi connectivity index (χ0n) is 16.4. The van der Waals surface area contributed by atoms with Crippen LogP contribution in [-0.2, 0) is 4.79 Å². The number of rotatable bonds is 5. The summed E-state index contributed by atoms with van der Waals surface area (Å²) in [6.45, 7) is -0.332. The highest BCUT2D eigenvalue weighted by atomic mass is 16.5. The topological polar surface area (TPSA) is 151 Å². The monoisotopic (exact) mass is 419 g/mol. The van der Waals surface area contributed by atoms with Gasteiger partial charge in [0.15, 0.2) is 23.9 Å². The Morgan fingerprint density at radius 2 is 2.00 bits per heavy atom. The van der Waals surface area contributed by atoms with Crippen molar-refractivity contribution < 1.29 is 23.4 Å². The number of ether oxygens (including phenoxy) is 3. The van der Waals surface area contributed by atoms with Crippen molar-refractivity contribution in [2.24, 2.45) is 11.5 Å². The van der Waals surface area contributed by atoms with Crippen molar-refractivity contribution in [2.75, 3.05) is 13.7 Å². The summed E-state index contributed by atoms with van der Waals surface area (Å²) in [5.74, 6) is -0.804. The number of hydrogen-bond acceptors (Lipinski definition) is 8. The molecule has 0 spiro atoms. The number of nitrogens with zero attached hydrogens (tertiary/aromatic N) is 1. The van der Waals surface area contributed by atoms with E-state index in [0.717, 1.165) is 0 Å². The van der Waals surface area contributed by atoms with Crippen molar-refractivity contribution >= 4 is 16.9 Å². The van der Waals surface area contributed by atoms with Gasteiger partial charge in [-0.05, 0) is 29.8 Å². The highest BCUT2D eigenvalue weighted by Crippen LogP contribution is 2.44. The standard InChI is InChI=1S/C22H17N3O6/c1-28-16-8-11(6-7-15(16)29-10-17(24)26)18-13(9-23)21(25)31-20-12-4-2-3-5-14(12)30-22(27)19(18)20/h2-8,18H,10,25H2,1H3,(H2,24,26)/t18-/m0/s1. The number of carbonyl (C=O) groups is 1. The van der Waals surface area contributed by atoms with Gasteiger partial charge in [0.05, 0.1) is 24.0 Å². The summed E-state index contributed by atoms with van der Waals surface area (Å²) >= 11 is 0. The Bertz CT molecular complexity index is 1340. The average molecular weight is 419 g/mol. The summed E-state index contributed by atoms with van der Waals surface area (Å²) in [4.78, 5) is 23.9. The van der Waals surface area contributed by atoms with Gasteiger partial charge >= 0.3 is 5.63 Å². The third kappa shape index (κ3) is 3.40. The van der Waals surface area contributed by atoms with Crippen LogP contribution in [0.5, 0.6) is 17.2 Å².